The van der Waals surface area contributed by atoms with E-state index in [2.05, 4.69) is 5.10 Å². The van der Waals surface area contributed by atoms with Gasteiger partial charge in [0.15, 0.2) is 0 Å². The lowest BCUT2D eigenvalue weighted by Gasteiger charge is -2.32. The maximum absolute atomic E-state index is 12.9. The van der Waals surface area contributed by atoms with Gasteiger partial charge in [-0.1, -0.05) is 0 Å². The predicted molar refractivity (Wildman–Crippen MR) is 77.2 cm³/mol. The number of hydrogen-bond acceptors (Lipinski definition) is 4. The van der Waals surface area contributed by atoms with Crippen molar-refractivity contribution in [1.29, 1.82) is 0 Å². The van der Waals surface area contributed by atoms with Gasteiger partial charge >= 0.3 is 0 Å². The van der Waals surface area contributed by atoms with E-state index < -0.39 is 0 Å². The maximum Gasteiger partial charge on any atom is 0.272 e. The molecule has 2 saturated heterocycles. The maximum atomic E-state index is 12.9. The minimum atomic E-state index is -0.0293. The zero-order valence-corrected chi connectivity index (χ0v) is 12.9. The summed E-state index contributed by atoms with van der Waals surface area (Å²) >= 11 is 0. The van der Waals surface area contributed by atoms with Crippen LogP contribution in [-0.2, 0) is 16.0 Å². The zero-order chi connectivity index (χ0) is 15.0. The molecule has 1 aromatic rings. The summed E-state index contributed by atoms with van der Waals surface area (Å²) in [5.74, 6) is 0.0394. The molecule has 0 bridgehead atoms. The molecule has 0 aliphatic carbocycles. The first-order valence-corrected chi connectivity index (χ1v) is 7.65. The van der Waals surface area contributed by atoms with Crippen LogP contribution in [0.2, 0.25) is 0 Å². The fourth-order valence-corrected chi connectivity index (χ4v) is 3.46. The Hall–Kier alpha value is -1.40. The second-order valence-electron chi connectivity index (χ2n) is 5.76. The van der Waals surface area contributed by atoms with Crippen molar-refractivity contribution in [2.24, 2.45) is 0 Å². The standard InChI is InChI=1S/C15H23N3O3/c1-4-18-12(8-10(2)16-18)15(19)17-9-13(20-3)14-11(17)6-5-7-21-14/h8,11,13-14H,4-7,9H2,1-3H3/t11-,13-,14+/m1/s1. The average molecular weight is 293 g/mol. The highest BCUT2D eigenvalue weighted by atomic mass is 16.5. The Balaban J connectivity index is 1.86. The molecule has 2 aliphatic rings. The first kappa shape index (κ1) is 14.5. The number of rotatable bonds is 3. The van der Waals surface area contributed by atoms with Crippen LogP contribution in [0.25, 0.3) is 0 Å². The van der Waals surface area contributed by atoms with Gasteiger partial charge in [0.1, 0.15) is 17.9 Å². The molecule has 6 nitrogen and oxygen atoms in total. The Labute approximate surface area is 125 Å². The van der Waals surface area contributed by atoms with Crippen molar-refractivity contribution in [3.8, 4) is 0 Å². The SMILES string of the molecule is CCn1nc(C)cc1C(=O)N1C[C@@H](OC)[C@H]2OCCC[C@H]21. The third-order valence-corrected chi connectivity index (χ3v) is 4.46. The van der Waals surface area contributed by atoms with E-state index in [1.165, 1.54) is 0 Å². The molecule has 2 fully saturated rings. The second-order valence-corrected chi connectivity index (χ2v) is 5.76. The van der Waals surface area contributed by atoms with Crippen LogP contribution >= 0.6 is 0 Å². The van der Waals surface area contributed by atoms with E-state index in [1.54, 1.807) is 11.8 Å². The number of methoxy groups -OCH3 is 1. The van der Waals surface area contributed by atoms with E-state index in [1.807, 2.05) is 24.8 Å². The van der Waals surface area contributed by atoms with Crippen LogP contribution in [0.15, 0.2) is 6.07 Å². The van der Waals surface area contributed by atoms with Crippen molar-refractivity contribution < 1.29 is 14.3 Å². The van der Waals surface area contributed by atoms with Gasteiger partial charge in [-0.3, -0.25) is 9.48 Å². The molecule has 1 aromatic heterocycles. The van der Waals surface area contributed by atoms with Gasteiger partial charge < -0.3 is 14.4 Å². The zero-order valence-electron chi connectivity index (χ0n) is 12.9. The summed E-state index contributed by atoms with van der Waals surface area (Å²) in [6.07, 6.45) is 1.95. The first-order valence-electron chi connectivity index (χ1n) is 7.65. The normalized spacial score (nSPS) is 28.7. The number of aromatic nitrogens is 2. The average Bonchev–Trinajstić information content (AvgIpc) is 3.07. The summed E-state index contributed by atoms with van der Waals surface area (Å²) in [5.41, 5.74) is 1.54. The topological polar surface area (TPSA) is 56.6 Å². The number of ether oxygens (including phenoxy) is 2. The smallest absolute Gasteiger partial charge is 0.272 e. The van der Waals surface area contributed by atoms with Gasteiger partial charge in [0.25, 0.3) is 5.91 Å². The van der Waals surface area contributed by atoms with Crippen LogP contribution in [0.4, 0.5) is 0 Å². The molecule has 0 aromatic carbocycles. The summed E-state index contributed by atoms with van der Waals surface area (Å²) in [6.45, 7) is 5.96. The van der Waals surface area contributed by atoms with Crippen molar-refractivity contribution in [3.63, 3.8) is 0 Å². The molecule has 3 rings (SSSR count). The highest BCUT2D eigenvalue weighted by molar-refractivity contribution is 5.93. The highest BCUT2D eigenvalue weighted by Crippen LogP contribution is 2.31. The molecule has 0 spiro atoms. The lowest BCUT2D eigenvalue weighted by molar-refractivity contribution is -0.0639. The van der Waals surface area contributed by atoms with Crippen LogP contribution in [0, 0.1) is 6.92 Å². The molecule has 3 atom stereocenters. The number of amides is 1. The van der Waals surface area contributed by atoms with E-state index in [0.29, 0.717) is 18.8 Å². The van der Waals surface area contributed by atoms with Gasteiger partial charge in [-0.2, -0.15) is 5.10 Å². The molecule has 0 saturated carbocycles. The van der Waals surface area contributed by atoms with Crippen LogP contribution in [0.1, 0.15) is 35.9 Å². The Morgan fingerprint density at radius 3 is 3.10 bits per heavy atom. The molecule has 0 radical (unpaired) electrons. The Morgan fingerprint density at radius 1 is 1.57 bits per heavy atom. The predicted octanol–water partition coefficient (Wildman–Crippen LogP) is 1.23. The first-order chi connectivity index (χ1) is 10.2. The van der Waals surface area contributed by atoms with E-state index in [9.17, 15) is 4.79 Å². The van der Waals surface area contributed by atoms with Crippen LogP contribution in [0.3, 0.4) is 0 Å². The van der Waals surface area contributed by atoms with Crippen molar-refractivity contribution in [3.05, 3.63) is 17.5 Å². The minimum absolute atomic E-state index is 0.00629. The number of hydrogen-bond donors (Lipinski definition) is 0. The monoisotopic (exact) mass is 293 g/mol. The van der Waals surface area contributed by atoms with Gasteiger partial charge in [0.05, 0.1) is 18.3 Å². The van der Waals surface area contributed by atoms with Gasteiger partial charge in [0.2, 0.25) is 0 Å². The van der Waals surface area contributed by atoms with Crippen molar-refractivity contribution in [2.45, 2.75) is 51.5 Å². The molecule has 3 heterocycles. The summed E-state index contributed by atoms with van der Waals surface area (Å²) in [7, 11) is 1.69. The summed E-state index contributed by atoms with van der Waals surface area (Å²) < 4.78 is 13.1. The van der Waals surface area contributed by atoms with Crippen molar-refractivity contribution in [1.82, 2.24) is 14.7 Å². The third-order valence-electron chi connectivity index (χ3n) is 4.46. The van der Waals surface area contributed by atoms with Crippen LogP contribution < -0.4 is 0 Å². The highest BCUT2D eigenvalue weighted by Gasteiger charge is 2.46. The van der Waals surface area contributed by atoms with Gasteiger partial charge in [-0.15, -0.1) is 0 Å². The quantitative estimate of drug-likeness (QED) is 0.841. The van der Waals surface area contributed by atoms with Gasteiger partial charge in [-0.05, 0) is 32.8 Å². The van der Waals surface area contributed by atoms with Crippen molar-refractivity contribution in [2.75, 3.05) is 20.3 Å². The fraction of sp³-hybridized carbons (Fsp3) is 0.733. The number of fused-ring (bicyclic) bond motifs is 1. The van der Waals surface area contributed by atoms with E-state index in [0.717, 1.165) is 25.1 Å². The summed E-state index contributed by atoms with van der Waals surface area (Å²) in [4.78, 5) is 14.8. The lowest BCUT2D eigenvalue weighted by Crippen LogP contribution is -2.44. The van der Waals surface area contributed by atoms with Crippen molar-refractivity contribution >= 4 is 5.91 Å². The Kier molecular flexibility index (Phi) is 3.99. The van der Waals surface area contributed by atoms with Crippen LogP contribution in [-0.4, -0.2) is 59.1 Å². The molecule has 1 amide bonds. The number of nitrogens with zero attached hydrogens (tertiary/aromatic N) is 3. The Morgan fingerprint density at radius 2 is 2.38 bits per heavy atom. The molecule has 0 unspecified atom stereocenters. The lowest BCUT2D eigenvalue weighted by atomic mass is 10.0. The third kappa shape index (κ3) is 2.46. The number of likely N-dealkylation sites (tertiary alicyclic amines) is 1. The van der Waals surface area contributed by atoms with E-state index in [4.69, 9.17) is 9.47 Å². The van der Waals surface area contributed by atoms with Gasteiger partial charge in [-0.25, -0.2) is 0 Å². The molecule has 21 heavy (non-hydrogen) atoms. The summed E-state index contributed by atoms with van der Waals surface area (Å²) in [5, 5.41) is 4.37. The minimum Gasteiger partial charge on any atom is -0.377 e. The van der Waals surface area contributed by atoms with E-state index >= 15 is 0 Å². The molecular weight excluding hydrogens is 270 g/mol. The number of carbonyl (C=O) groups is 1. The summed E-state index contributed by atoms with van der Waals surface area (Å²) in [6, 6.07) is 1.99. The number of aryl methyl sites for hydroxylation is 2. The Bertz CT molecular complexity index is 528. The molecule has 116 valence electrons. The van der Waals surface area contributed by atoms with Gasteiger partial charge in [0, 0.05) is 20.3 Å². The fourth-order valence-electron chi connectivity index (χ4n) is 3.46. The van der Waals surface area contributed by atoms with E-state index in [-0.39, 0.29) is 24.2 Å². The molecule has 0 N–H and O–H groups in total. The molecule has 2 aliphatic heterocycles. The number of carbonyl (C=O) groups excluding carboxylic acids is 1. The molecular formula is C15H23N3O3. The molecule has 6 heteroatoms. The van der Waals surface area contributed by atoms with Crippen LogP contribution in [0.5, 0.6) is 0 Å². The largest absolute Gasteiger partial charge is 0.377 e. The second kappa shape index (κ2) is 5.77.